The largest absolute Gasteiger partial charge is 0.306 e. The van der Waals surface area contributed by atoms with Gasteiger partial charge in [-0.15, -0.1) is 0 Å². The number of aryl methyl sites for hydroxylation is 1. The minimum atomic E-state index is 0.0292. The van der Waals surface area contributed by atoms with Crippen LogP contribution in [0.25, 0.3) is 11.1 Å². The predicted octanol–water partition coefficient (Wildman–Crippen LogP) is 4.51. The normalized spacial score (nSPS) is 15.7. The summed E-state index contributed by atoms with van der Waals surface area (Å²) < 4.78 is 1.92. The van der Waals surface area contributed by atoms with Crippen LogP contribution >= 0.6 is 0 Å². The predicted molar refractivity (Wildman–Crippen MR) is 111 cm³/mol. The molecule has 1 atom stereocenters. The molecule has 1 unspecified atom stereocenters. The summed E-state index contributed by atoms with van der Waals surface area (Å²) in [5, 5.41) is 0. The molecule has 0 N–H and O–H groups in total. The smallest absolute Gasteiger partial charge is 0.259 e. The number of aromatic nitrogens is 1. The minimum Gasteiger partial charge on any atom is -0.306 e. The highest BCUT2D eigenvalue weighted by Gasteiger charge is 2.22. The van der Waals surface area contributed by atoms with E-state index in [4.69, 9.17) is 0 Å². The molecule has 1 aliphatic rings. The summed E-state index contributed by atoms with van der Waals surface area (Å²) in [4.78, 5) is 15.9. The van der Waals surface area contributed by atoms with Gasteiger partial charge in [0.05, 0.1) is 6.04 Å². The van der Waals surface area contributed by atoms with Crippen LogP contribution in [0.3, 0.4) is 0 Å². The lowest BCUT2D eigenvalue weighted by Crippen LogP contribution is -2.34. The molecule has 0 spiro atoms. The van der Waals surface area contributed by atoms with E-state index in [2.05, 4.69) is 48.2 Å². The van der Waals surface area contributed by atoms with Crippen LogP contribution in [0.1, 0.15) is 30.0 Å². The fourth-order valence-corrected chi connectivity index (χ4v) is 4.03. The maximum atomic E-state index is 13.4. The molecule has 4 rings (SSSR count). The quantitative estimate of drug-likeness (QED) is 0.670. The number of pyridine rings is 1. The van der Waals surface area contributed by atoms with Gasteiger partial charge in [0.15, 0.2) is 0 Å². The Kier molecular flexibility index (Phi) is 5.21. The minimum absolute atomic E-state index is 0.0292. The van der Waals surface area contributed by atoms with E-state index in [1.54, 1.807) is 0 Å². The molecule has 1 fully saturated rings. The Morgan fingerprint density at radius 2 is 1.70 bits per heavy atom. The van der Waals surface area contributed by atoms with E-state index in [-0.39, 0.29) is 11.6 Å². The van der Waals surface area contributed by atoms with E-state index in [0.29, 0.717) is 0 Å². The van der Waals surface area contributed by atoms with Crippen molar-refractivity contribution in [3.05, 3.63) is 94.4 Å². The topological polar surface area (TPSA) is 25.2 Å². The zero-order valence-corrected chi connectivity index (χ0v) is 15.8. The Balaban J connectivity index is 1.78. The molecule has 2 aromatic carbocycles. The second kappa shape index (κ2) is 7.93. The molecule has 3 nitrogen and oxygen atoms in total. The molecule has 3 aromatic rings. The number of benzene rings is 2. The second-order valence-corrected chi connectivity index (χ2v) is 7.44. The van der Waals surface area contributed by atoms with Gasteiger partial charge in [-0.25, -0.2) is 0 Å². The molecule has 1 aromatic heterocycles. The number of rotatable bonds is 5. The average Bonchev–Trinajstić information content (AvgIpc) is 3.21. The van der Waals surface area contributed by atoms with E-state index in [1.165, 1.54) is 24.0 Å². The fourth-order valence-electron chi connectivity index (χ4n) is 4.03. The van der Waals surface area contributed by atoms with E-state index >= 15 is 0 Å². The zero-order valence-electron chi connectivity index (χ0n) is 15.8. The van der Waals surface area contributed by atoms with Crippen molar-refractivity contribution in [1.82, 2.24) is 9.47 Å². The van der Waals surface area contributed by atoms with Gasteiger partial charge in [0, 0.05) is 18.3 Å². The van der Waals surface area contributed by atoms with Gasteiger partial charge in [0.2, 0.25) is 0 Å². The Labute approximate surface area is 160 Å². The standard InChI is InChI=1S/C24H26N2O/c1-19-9-7-12-21(17-19)22-13-8-16-26(24(22)27)23(18-25-14-5-6-15-25)20-10-3-2-4-11-20/h2-4,7-13,16-17,23H,5-6,14-15,18H2,1H3. The van der Waals surface area contributed by atoms with E-state index in [1.807, 2.05) is 41.1 Å². The number of hydrogen-bond acceptors (Lipinski definition) is 2. The molecule has 0 saturated carbocycles. The average molecular weight is 358 g/mol. The van der Waals surface area contributed by atoms with Crippen LogP contribution in [-0.4, -0.2) is 29.1 Å². The first kappa shape index (κ1) is 17.7. The molecular formula is C24H26N2O. The first-order chi connectivity index (χ1) is 13.2. The summed E-state index contributed by atoms with van der Waals surface area (Å²) >= 11 is 0. The van der Waals surface area contributed by atoms with E-state index < -0.39 is 0 Å². The van der Waals surface area contributed by atoms with E-state index in [0.717, 1.165) is 30.8 Å². The number of hydrogen-bond donors (Lipinski definition) is 0. The second-order valence-electron chi connectivity index (χ2n) is 7.44. The maximum Gasteiger partial charge on any atom is 0.259 e. The van der Waals surface area contributed by atoms with Gasteiger partial charge in [-0.2, -0.15) is 0 Å². The van der Waals surface area contributed by atoms with Crippen molar-refractivity contribution in [2.45, 2.75) is 25.8 Å². The molecule has 0 radical (unpaired) electrons. The van der Waals surface area contributed by atoms with Gasteiger partial charge >= 0.3 is 0 Å². The van der Waals surface area contributed by atoms with Crippen LogP contribution in [0.5, 0.6) is 0 Å². The molecule has 0 aliphatic carbocycles. The number of nitrogens with zero attached hydrogens (tertiary/aromatic N) is 2. The van der Waals surface area contributed by atoms with Crippen molar-refractivity contribution in [3.63, 3.8) is 0 Å². The van der Waals surface area contributed by atoms with Gasteiger partial charge in [-0.1, -0.05) is 60.2 Å². The van der Waals surface area contributed by atoms with Gasteiger partial charge in [0.25, 0.3) is 5.56 Å². The van der Waals surface area contributed by atoms with E-state index in [9.17, 15) is 4.79 Å². The van der Waals surface area contributed by atoms with Gasteiger partial charge in [0.1, 0.15) is 0 Å². The van der Waals surface area contributed by atoms with Gasteiger partial charge in [-0.3, -0.25) is 4.79 Å². The molecule has 0 amide bonds. The molecule has 2 heterocycles. The molecule has 138 valence electrons. The van der Waals surface area contributed by atoms with Crippen LogP contribution in [0.15, 0.2) is 77.7 Å². The third-order valence-corrected chi connectivity index (χ3v) is 5.45. The van der Waals surface area contributed by atoms with Crippen LogP contribution < -0.4 is 5.56 Å². The summed E-state index contributed by atoms with van der Waals surface area (Å²) in [6, 6.07) is 22.5. The lowest BCUT2D eigenvalue weighted by atomic mass is 10.0. The van der Waals surface area contributed by atoms with Crippen molar-refractivity contribution in [2.24, 2.45) is 0 Å². The summed E-state index contributed by atoms with van der Waals surface area (Å²) in [6.45, 7) is 5.18. The van der Waals surface area contributed by atoms with Gasteiger partial charge in [-0.05, 0) is 56.1 Å². The first-order valence-corrected chi connectivity index (χ1v) is 9.78. The molecule has 1 aliphatic heterocycles. The Morgan fingerprint density at radius 3 is 2.44 bits per heavy atom. The van der Waals surface area contributed by atoms with Crippen LogP contribution in [0.2, 0.25) is 0 Å². The summed E-state index contributed by atoms with van der Waals surface area (Å²) in [5.74, 6) is 0. The Bertz CT molecular complexity index is 955. The molecule has 1 saturated heterocycles. The van der Waals surface area contributed by atoms with Crippen molar-refractivity contribution >= 4 is 0 Å². The molecule has 3 heteroatoms. The Hall–Kier alpha value is -2.65. The Morgan fingerprint density at radius 1 is 0.926 bits per heavy atom. The maximum absolute atomic E-state index is 13.4. The highest BCUT2D eigenvalue weighted by atomic mass is 16.1. The zero-order chi connectivity index (χ0) is 18.6. The lowest BCUT2D eigenvalue weighted by molar-refractivity contribution is 0.295. The molecular weight excluding hydrogens is 332 g/mol. The highest BCUT2D eigenvalue weighted by molar-refractivity contribution is 5.63. The first-order valence-electron chi connectivity index (χ1n) is 9.78. The fraction of sp³-hybridized carbons (Fsp3) is 0.292. The lowest BCUT2D eigenvalue weighted by Gasteiger charge is -2.26. The molecule has 0 bridgehead atoms. The van der Waals surface area contributed by atoms with Gasteiger partial charge < -0.3 is 9.47 Å². The van der Waals surface area contributed by atoms with Crippen molar-refractivity contribution < 1.29 is 0 Å². The van der Waals surface area contributed by atoms with Crippen LogP contribution in [0.4, 0.5) is 0 Å². The third kappa shape index (κ3) is 3.88. The van der Waals surface area contributed by atoms with Crippen molar-refractivity contribution in [2.75, 3.05) is 19.6 Å². The highest BCUT2D eigenvalue weighted by Crippen LogP contribution is 2.23. The molecule has 27 heavy (non-hydrogen) atoms. The number of likely N-dealkylation sites (tertiary alicyclic amines) is 1. The summed E-state index contributed by atoms with van der Waals surface area (Å²) in [5.41, 5.74) is 4.19. The SMILES string of the molecule is Cc1cccc(-c2cccn(C(CN3CCCC3)c3ccccc3)c2=O)c1. The summed E-state index contributed by atoms with van der Waals surface area (Å²) in [7, 11) is 0. The van der Waals surface area contributed by atoms with Crippen molar-refractivity contribution in [1.29, 1.82) is 0 Å². The van der Waals surface area contributed by atoms with Crippen LogP contribution in [-0.2, 0) is 0 Å². The van der Waals surface area contributed by atoms with Crippen molar-refractivity contribution in [3.8, 4) is 11.1 Å². The van der Waals surface area contributed by atoms with Crippen LogP contribution in [0, 0.1) is 6.92 Å². The summed E-state index contributed by atoms with van der Waals surface area (Å²) in [6.07, 6.45) is 4.44. The third-order valence-electron chi connectivity index (χ3n) is 5.45. The monoisotopic (exact) mass is 358 g/mol.